The number of H-pyrrole nitrogens is 1. The Morgan fingerprint density at radius 2 is 2.36 bits per heavy atom. The number of aromatic amines is 1. The van der Waals surface area contributed by atoms with Crippen molar-refractivity contribution >= 4 is 5.82 Å². The minimum Gasteiger partial charge on any atom is -0.382 e. The summed E-state index contributed by atoms with van der Waals surface area (Å²) in [5, 5.41) is 7.11. The third kappa shape index (κ3) is 1.15. The van der Waals surface area contributed by atoms with Crippen LogP contribution in [0.1, 0.15) is 30.5 Å². The first kappa shape index (κ1) is 8.33. The maximum Gasteiger partial charge on any atom is 0.148 e. The Morgan fingerprint density at radius 3 is 2.86 bits per heavy atom. The zero-order valence-corrected chi connectivity index (χ0v) is 8.59. The van der Waals surface area contributed by atoms with E-state index in [4.69, 9.17) is 5.73 Å². The van der Waals surface area contributed by atoms with Gasteiger partial charge in [0.05, 0.1) is 0 Å². The van der Waals surface area contributed by atoms with Crippen LogP contribution in [0.3, 0.4) is 0 Å². The summed E-state index contributed by atoms with van der Waals surface area (Å²) in [4.78, 5) is 0. The summed E-state index contributed by atoms with van der Waals surface area (Å²) >= 11 is 0. The summed E-state index contributed by atoms with van der Waals surface area (Å²) in [5.41, 5.74) is 8.14. The minimum atomic E-state index is 0.672. The van der Waals surface area contributed by atoms with E-state index in [2.05, 4.69) is 17.1 Å². The van der Waals surface area contributed by atoms with Crippen LogP contribution in [0.5, 0.6) is 0 Å². The lowest BCUT2D eigenvalue weighted by atomic mass is 9.96. The molecule has 2 fully saturated rings. The second-order valence-corrected chi connectivity index (χ2v) is 4.91. The molecule has 2 aliphatic rings. The molecular formula is C11H17N3. The van der Waals surface area contributed by atoms with Crippen molar-refractivity contribution in [2.75, 3.05) is 5.73 Å². The molecule has 0 amide bonds. The van der Waals surface area contributed by atoms with Gasteiger partial charge in [0.2, 0.25) is 0 Å². The van der Waals surface area contributed by atoms with Crippen LogP contribution in [0.2, 0.25) is 0 Å². The Hall–Kier alpha value is -0.990. The molecule has 3 nitrogen and oxygen atoms in total. The number of aromatic nitrogens is 2. The highest BCUT2D eigenvalue weighted by Crippen LogP contribution is 2.56. The summed E-state index contributed by atoms with van der Waals surface area (Å²) in [6.45, 7) is 2.06. The van der Waals surface area contributed by atoms with Crippen molar-refractivity contribution in [3.8, 4) is 0 Å². The Kier molecular flexibility index (Phi) is 1.64. The molecule has 76 valence electrons. The molecule has 2 aliphatic carbocycles. The molecule has 3 atom stereocenters. The van der Waals surface area contributed by atoms with Crippen LogP contribution in [0.15, 0.2) is 0 Å². The topological polar surface area (TPSA) is 54.7 Å². The first-order valence-corrected chi connectivity index (χ1v) is 5.55. The predicted octanol–water partition coefficient (Wildman–Crippen LogP) is 1.89. The second kappa shape index (κ2) is 2.75. The smallest absolute Gasteiger partial charge is 0.148 e. The number of hydrogen-bond donors (Lipinski definition) is 2. The van der Waals surface area contributed by atoms with Crippen LogP contribution in [0.4, 0.5) is 5.82 Å². The molecule has 0 aromatic carbocycles. The molecule has 0 aliphatic heterocycles. The summed E-state index contributed by atoms with van der Waals surface area (Å²) in [6.07, 6.45) is 5.51. The molecular weight excluding hydrogens is 174 g/mol. The first-order valence-electron chi connectivity index (χ1n) is 5.55. The van der Waals surface area contributed by atoms with Gasteiger partial charge in [-0.25, -0.2) is 0 Å². The van der Waals surface area contributed by atoms with Gasteiger partial charge in [0.25, 0.3) is 0 Å². The highest BCUT2D eigenvalue weighted by atomic mass is 15.2. The summed E-state index contributed by atoms with van der Waals surface area (Å²) in [7, 11) is 0. The zero-order chi connectivity index (χ0) is 9.71. The number of nitrogens with zero attached hydrogens (tertiary/aromatic N) is 1. The van der Waals surface area contributed by atoms with Gasteiger partial charge < -0.3 is 5.73 Å². The molecule has 1 unspecified atom stereocenters. The fraction of sp³-hybridized carbons (Fsp3) is 0.727. The largest absolute Gasteiger partial charge is 0.382 e. The standard InChI is InChI=1S/C11H17N3/c1-6-10(13-14-11(6)12)5-8-3-2-7-4-9(7)8/h7-9H,2-5H2,1H3,(H3,12,13,14)/t7-,8?,9+/m1/s1. The molecule has 0 radical (unpaired) electrons. The molecule has 3 N–H and O–H groups in total. The molecule has 14 heavy (non-hydrogen) atoms. The normalized spacial score (nSPS) is 34.5. The van der Waals surface area contributed by atoms with Crippen molar-refractivity contribution in [2.45, 2.75) is 32.6 Å². The lowest BCUT2D eigenvalue weighted by Gasteiger charge is -2.10. The summed E-state index contributed by atoms with van der Waals surface area (Å²) in [5.74, 6) is 3.67. The van der Waals surface area contributed by atoms with Crippen molar-refractivity contribution < 1.29 is 0 Å². The van der Waals surface area contributed by atoms with E-state index in [9.17, 15) is 0 Å². The molecule has 1 aromatic heterocycles. The van der Waals surface area contributed by atoms with E-state index in [1.165, 1.54) is 25.0 Å². The number of hydrogen-bond acceptors (Lipinski definition) is 2. The quantitative estimate of drug-likeness (QED) is 0.750. The fourth-order valence-electron chi connectivity index (χ4n) is 2.99. The monoisotopic (exact) mass is 191 g/mol. The number of nitrogens with two attached hydrogens (primary N) is 1. The van der Waals surface area contributed by atoms with Crippen molar-refractivity contribution in [3.63, 3.8) is 0 Å². The first-order chi connectivity index (χ1) is 6.75. The highest BCUT2D eigenvalue weighted by molar-refractivity contribution is 5.40. The summed E-state index contributed by atoms with van der Waals surface area (Å²) in [6, 6.07) is 0. The Balaban J connectivity index is 1.74. The van der Waals surface area contributed by atoms with Crippen LogP contribution >= 0.6 is 0 Å². The average Bonchev–Trinajstić information content (AvgIpc) is 2.78. The molecule has 1 aromatic rings. The molecule has 3 heteroatoms. The van der Waals surface area contributed by atoms with Gasteiger partial charge in [-0.05, 0) is 50.4 Å². The van der Waals surface area contributed by atoms with Crippen molar-refractivity contribution in [1.29, 1.82) is 0 Å². The Bertz CT molecular complexity index is 355. The maximum absolute atomic E-state index is 5.72. The summed E-state index contributed by atoms with van der Waals surface area (Å²) < 4.78 is 0. The zero-order valence-electron chi connectivity index (χ0n) is 8.59. The molecule has 0 bridgehead atoms. The fourth-order valence-corrected chi connectivity index (χ4v) is 2.99. The number of rotatable bonds is 2. The van der Waals surface area contributed by atoms with Gasteiger partial charge in [-0.1, -0.05) is 0 Å². The maximum atomic E-state index is 5.72. The number of nitrogens with one attached hydrogen (secondary N) is 1. The van der Waals surface area contributed by atoms with Crippen molar-refractivity contribution in [2.24, 2.45) is 17.8 Å². The van der Waals surface area contributed by atoms with Crippen LogP contribution in [0.25, 0.3) is 0 Å². The second-order valence-electron chi connectivity index (χ2n) is 4.91. The van der Waals surface area contributed by atoms with Gasteiger partial charge in [-0.3, -0.25) is 5.10 Å². The lowest BCUT2D eigenvalue weighted by molar-refractivity contribution is 0.471. The molecule has 1 heterocycles. The van der Waals surface area contributed by atoms with Gasteiger partial charge in [-0.15, -0.1) is 0 Å². The number of fused-ring (bicyclic) bond motifs is 1. The van der Waals surface area contributed by atoms with Crippen LogP contribution in [-0.2, 0) is 6.42 Å². The van der Waals surface area contributed by atoms with Gasteiger partial charge in [0, 0.05) is 11.3 Å². The van der Waals surface area contributed by atoms with Gasteiger partial charge in [-0.2, -0.15) is 5.10 Å². The SMILES string of the molecule is Cc1c(N)n[nH]c1CC1CC[C@@H]2C[C@H]12. The van der Waals surface area contributed by atoms with E-state index in [0.717, 1.165) is 29.7 Å². The molecule has 3 rings (SSSR count). The predicted molar refractivity (Wildman–Crippen MR) is 55.8 cm³/mol. The van der Waals surface area contributed by atoms with E-state index in [-0.39, 0.29) is 0 Å². The molecule has 2 saturated carbocycles. The van der Waals surface area contributed by atoms with Crippen LogP contribution < -0.4 is 5.73 Å². The van der Waals surface area contributed by atoms with Gasteiger partial charge >= 0.3 is 0 Å². The van der Waals surface area contributed by atoms with E-state index >= 15 is 0 Å². The molecule has 0 spiro atoms. The van der Waals surface area contributed by atoms with Gasteiger partial charge in [0.1, 0.15) is 5.82 Å². The van der Waals surface area contributed by atoms with Gasteiger partial charge in [0.15, 0.2) is 0 Å². The average molecular weight is 191 g/mol. The third-order valence-corrected chi connectivity index (χ3v) is 4.11. The van der Waals surface area contributed by atoms with Crippen molar-refractivity contribution in [3.05, 3.63) is 11.3 Å². The van der Waals surface area contributed by atoms with Crippen LogP contribution in [-0.4, -0.2) is 10.2 Å². The van der Waals surface area contributed by atoms with E-state index in [1.807, 2.05) is 0 Å². The Morgan fingerprint density at radius 1 is 1.50 bits per heavy atom. The minimum absolute atomic E-state index is 0.672. The number of nitrogen functional groups attached to an aromatic ring is 1. The molecule has 0 saturated heterocycles. The van der Waals surface area contributed by atoms with Crippen LogP contribution in [0, 0.1) is 24.7 Å². The lowest BCUT2D eigenvalue weighted by Crippen LogP contribution is -2.05. The highest BCUT2D eigenvalue weighted by Gasteiger charge is 2.47. The van der Waals surface area contributed by atoms with Crippen molar-refractivity contribution in [1.82, 2.24) is 10.2 Å². The Labute approximate surface area is 84.1 Å². The van der Waals surface area contributed by atoms with E-state index < -0.39 is 0 Å². The van der Waals surface area contributed by atoms with E-state index in [0.29, 0.717) is 5.82 Å². The van der Waals surface area contributed by atoms with E-state index in [1.54, 1.807) is 0 Å². The third-order valence-electron chi connectivity index (χ3n) is 4.11. The number of anilines is 1.